The number of fused-ring (bicyclic) bond motifs is 1. The Balaban J connectivity index is 1.73. The zero-order valence-corrected chi connectivity index (χ0v) is 10.1. The van der Waals surface area contributed by atoms with Crippen LogP contribution >= 0.6 is 0 Å². The summed E-state index contributed by atoms with van der Waals surface area (Å²) in [5.41, 5.74) is 1.37. The highest BCUT2D eigenvalue weighted by atomic mass is 16.1. The molecule has 0 aromatic heterocycles. The minimum absolute atomic E-state index is 0.340. The molecular weight excluding hydrogens is 210 g/mol. The maximum Gasteiger partial charge on any atom is 0.138 e. The molecule has 2 fully saturated rings. The Morgan fingerprint density at radius 1 is 1.18 bits per heavy atom. The van der Waals surface area contributed by atoms with Crippen molar-refractivity contribution in [1.82, 2.24) is 4.90 Å². The Kier molecular flexibility index (Phi) is 2.98. The fraction of sp³-hybridized carbons (Fsp3) is 0.533. The SMILES string of the molecule is O=C1CCN(Cc2ccccc2)[C@@H]2CCC[C@H]12. The first-order chi connectivity index (χ1) is 8.34. The number of rotatable bonds is 2. The lowest BCUT2D eigenvalue weighted by Crippen LogP contribution is -2.46. The number of piperidine rings is 1. The van der Waals surface area contributed by atoms with Gasteiger partial charge in [-0.3, -0.25) is 9.69 Å². The number of hydrogen-bond acceptors (Lipinski definition) is 2. The van der Waals surface area contributed by atoms with Gasteiger partial charge in [0.2, 0.25) is 0 Å². The van der Waals surface area contributed by atoms with Crippen LogP contribution in [0.25, 0.3) is 0 Å². The van der Waals surface area contributed by atoms with E-state index < -0.39 is 0 Å². The number of carbonyl (C=O) groups is 1. The summed E-state index contributed by atoms with van der Waals surface area (Å²) in [6, 6.07) is 11.1. The summed E-state index contributed by atoms with van der Waals surface area (Å²) in [7, 11) is 0. The van der Waals surface area contributed by atoms with Crippen molar-refractivity contribution in [3.05, 3.63) is 35.9 Å². The lowest BCUT2D eigenvalue weighted by molar-refractivity contribution is -0.128. The topological polar surface area (TPSA) is 20.3 Å². The van der Waals surface area contributed by atoms with Crippen LogP contribution in [0.3, 0.4) is 0 Å². The quantitative estimate of drug-likeness (QED) is 0.777. The average molecular weight is 229 g/mol. The molecule has 0 bridgehead atoms. The van der Waals surface area contributed by atoms with Gasteiger partial charge < -0.3 is 0 Å². The van der Waals surface area contributed by atoms with Gasteiger partial charge in [0, 0.05) is 31.5 Å². The van der Waals surface area contributed by atoms with Gasteiger partial charge in [0.05, 0.1) is 0 Å². The molecule has 0 spiro atoms. The van der Waals surface area contributed by atoms with E-state index in [0.717, 1.165) is 25.9 Å². The third-order valence-corrected chi connectivity index (χ3v) is 4.24. The minimum atomic E-state index is 0.340. The van der Waals surface area contributed by atoms with Crippen LogP contribution in [0.4, 0.5) is 0 Å². The second-order valence-corrected chi connectivity index (χ2v) is 5.28. The van der Waals surface area contributed by atoms with E-state index in [1.54, 1.807) is 0 Å². The third kappa shape index (κ3) is 2.14. The molecule has 0 radical (unpaired) electrons. The van der Waals surface area contributed by atoms with Gasteiger partial charge in [-0.05, 0) is 18.4 Å². The van der Waals surface area contributed by atoms with Gasteiger partial charge in [0.25, 0.3) is 0 Å². The molecule has 0 N–H and O–H groups in total. The van der Waals surface area contributed by atoms with Crippen LogP contribution in [0.5, 0.6) is 0 Å². The standard InChI is InChI=1S/C15H19NO/c17-15-9-10-16(14-8-4-7-13(14)15)11-12-5-2-1-3-6-12/h1-3,5-6,13-14H,4,7-11H2/t13-,14+/m0/s1. The first kappa shape index (κ1) is 11.0. The van der Waals surface area contributed by atoms with Gasteiger partial charge in [0.1, 0.15) is 5.78 Å². The van der Waals surface area contributed by atoms with Crippen molar-refractivity contribution in [2.24, 2.45) is 5.92 Å². The molecule has 3 rings (SSSR count). The summed E-state index contributed by atoms with van der Waals surface area (Å²) in [5.74, 6) is 0.851. The molecule has 2 atom stereocenters. The summed E-state index contributed by atoms with van der Waals surface area (Å²) in [6.07, 6.45) is 4.32. The molecule has 0 unspecified atom stereocenters. The summed E-state index contributed by atoms with van der Waals surface area (Å²) >= 11 is 0. The molecule has 1 heterocycles. The number of Topliss-reactive ketones (excluding diaryl/α,β-unsaturated/α-hetero) is 1. The number of carbonyl (C=O) groups excluding carboxylic acids is 1. The maximum atomic E-state index is 11.8. The summed E-state index contributed by atoms with van der Waals surface area (Å²) < 4.78 is 0. The van der Waals surface area contributed by atoms with Crippen molar-refractivity contribution in [3.8, 4) is 0 Å². The van der Waals surface area contributed by atoms with Crippen molar-refractivity contribution < 1.29 is 4.79 Å². The summed E-state index contributed by atoms with van der Waals surface area (Å²) in [4.78, 5) is 14.4. The van der Waals surface area contributed by atoms with Crippen molar-refractivity contribution in [2.45, 2.75) is 38.3 Å². The molecule has 2 nitrogen and oxygen atoms in total. The smallest absolute Gasteiger partial charge is 0.138 e. The van der Waals surface area contributed by atoms with Crippen LogP contribution in [-0.2, 0) is 11.3 Å². The van der Waals surface area contributed by atoms with Gasteiger partial charge in [-0.15, -0.1) is 0 Å². The van der Waals surface area contributed by atoms with Gasteiger partial charge in [-0.25, -0.2) is 0 Å². The zero-order chi connectivity index (χ0) is 11.7. The van der Waals surface area contributed by atoms with Gasteiger partial charge in [0.15, 0.2) is 0 Å². The number of likely N-dealkylation sites (tertiary alicyclic amines) is 1. The van der Waals surface area contributed by atoms with Crippen molar-refractivity contribution in [1.29, 1.82) is 0 Å². The Morgan fingerprint density at radius 3 is 2.82 bits per heavy atom. The Bertz CT molecular complexity index is 401. The van der Waals surface area contributed by atoms with E-state index in [1.165, 1.54) is 18.4 Å². The van der Waals surface area contributed by atoms with Crippen LogP contribution in [0.15, 0.2) is 30.3 Å². The van der Waals surface area contributed by atoms with Crippen LogP contribution < -0.4 is 0 Å². The fourth-order valence-electron chi connectivity index (χ4n) is 3.37. The van der Waals surface area contributed by atoms with Crippen LogP contribution in [0, 0.1) is 5.92 Å². The predicted octanol–water partition coefficient (Wildman–Crippen LogP) is 2.63. The number of nitrogens with zero attached hydrogens (tertiary/aromatic N) is 1. The third-order valence-electron chi connectivity index (χ3n) is 4.24. The van der Waals surface area contributed by atoms with E-state index in [-0.39, 0.29) is 0 Å². The number of benzene rings is 1. The highest BCUT2D eigenvalue weighted by Gasteiger charge is 2.39. The van der Waals surface area contributed by atoms with Crippen LogP contribution in [0.1, 0.15) is 31.2 Å². The van der Waals surface area contributed by atoms with Crippen molar-refractivity contribution >= 4 is 5.78 Å². The monoisotopic (exact) mass is 229 g/mol. The van der Waals surface area contributed by atoms with E-state index in [4.69, 9.17) is 0 Å². The molecule has 0 amide bonds. The number of ketones is 1. The number of hydrogen-bond donors (Lipinski definition) is 0. The van der Waals surface area contributed by atoms with Gasteiger partial charge in [-0.1, -0.05) is 36.8 Å². The largest absolute Gasteiger partial charge is 0.299 e. The molecule has 1 aliphatic heterocycles. The molecule has 1 saturated heterocycles. The molecule has 1 aromatic carbocycles. The molecule has 1 aromatic rings. The van der Waals surface area contributed by atoms with Gasteiger partial charge >= 0.3 is 0 Å². The Morgan fingerprint density at radius 2 is 2.00 bits per heavy atom. The second-order valence-electron chi connectivity index (χ2n) is 5.28. The minimum Gasteiger partial charge on any atom is -0.299 e. The molecule has 1 aliphatic carbocycles. The average Bonchev–Trinajstić information content (AvgIpc) is 2.84. The predicted molar refractivity (Wildman–Crippen MR) is 67.6 cm³/mol. The normalized spacial score (nSPS) is 29.3. The first-order valence-corrected chi connectivity index (χ1v) is 6.65. The highest BCUT2D eigenvalue weighted by molar-refractivity contribution is 5.83. The van der Waals surface area contributed by atoms with Crippen LogP contribution in [0.2, 0.25) is 0 Å². The van der Waals surface area contributed by atoms with Gasteiger partial charge in [-0.2, -0.15) is 0 Å². The van der Waals surface area contributed by atoms with Crippen LogP contribution in [-0.4, -0.2) is 23.3 Å². The van der Waals surface area contributed by atoms with Crippen molar-refractivity contribution in [3.63, 3.8) is 0 Å². The Labute approximate surface area is 103 Å². The fourth-order valence-corrected chi connectivity index (χ4v) is 3.37. The maximum absolute atomic E-state index is 11.8. The van der Waals surface area contributed by atoms with E-state index in [2.05, 4.69) is 35.2 Å². The molecule has 1 saturated carbocycles. The lowest BCUT2D eigenvalue weighted by atomic mass is 9.90. The molecular formula is C15H19NO. The van der Waals surface area contributed by atoms with Crippen molar-refractivity contribution in [2.75, 3.05) is 6.54 Å². The molecule has 2 aliphatic rings. The molecule has 90 valence electrons. The summed E-state index contributed by atoms with van der Waals surface area (Å²) in [5, 5.41) is 0. The second kappa shape index (κ2) is 4.61. The lowest BCUT2D eigenvalue weighted by Gasteiger charge is -2.36. The molecule has 17 heavy (non-hydrogen) atoms. The summed E-state index contributed by atoms with van der Waals surface area (Å²) in [6.45, 7) is 1.96. The first-order valence-electron chi connectivity index (χ1n) is 6.65. The van der Waals surface area contributed by atoms with E-state index in [0.29, 0.717) is 17.7 Å². The highest BCUT2D eigenvalue weighted by Crippen LogP contribution is 2.35. The Hall–Kier alpha value is -1.15. The zero-order valence-electron chi connectivity index (χ0n) is 10.1. The van der Waals surface area contributed by atoms with E-state index in [1.807, 2.05) is 0 Å². The van der Waals surface area contributed by atoms with E-state index >= 15 is 0 Å². The van der Waals surface area contributed by atoms with E-state index in [9.17, 15) is 4.79 Å². The molecule has 2 heteroatoms.